The number of nitrogens with one attached hydrogen (secondary N) is 1. The highest BCUT2D eigenvalue weighted by Crippen LogP contribution is 2.18. The van der Waals surface area contributed by atoms with Gasteiger partial charge in [0.05, 0.1) is 6.54 Å². The summed E-state index contributed by atoms with van der Waals surface area (Å²) in [6.07, 6.45) is 3.44. The van der Waals surface area contributed by atoms with Crippen molar-refractivity contribution in [2.75, 3.05) is 6.54 Å². The molecule has 2 aromatic heterocycles. The summed E-state index contributed by atoms with van der Waals surface area (Å²) in [5, 5.41) is 10.7. The highest BCUT2D eigenvalue weighted by molar-refractivity contribution is 6.02. The van der Waals surface area contributed by atoms with Crippen molar-refractivity contribution in [3.05, 3.63) is 83.9 Å². The molecule has 0 atom stereocenters. The number of rotatable bonds is 5. The Labute approximate surface area is 158 Å². The third-order valence-corrected chi connectivity index (χ3v) is 4.17. The van der Waals surface area contributed by atoms with Crippen LogP contribution in [0.25, 0.3) is 17.2 Å². The molecular weight excluding hydrogens is 361 g/mol. The summed E-state index contributed by atoms with van der Waals surface area (Å²) in [6, 6.07) is 13.7. The van der Waals surface area contributed by atoms with E-state index in [2.05, 4.69) is 20.5 Å². The fraction of sp³-hybridized carbons (Fsp3) is 0.0500. The molecule has 0 spiro atoms. The van der Waals surface area contributed by atoms with E-state index in [1.807, 2.05) is 0 Å². The first-order valence-electron chi connectivity index (χ1n) is 8.45. The highest BCUT2D eigenvalue weighted by Gasteiger charge is 2.12. The second-order valence-electron chi connectivity index (χ2n) is 6.00. The number of ketones is 1. The van der Waals surface area contributed by atoms with Gasteiger partial charge in [-0.15, -0.1) is 10.2 Å². The number of fused-ring (bicyclic) bond motifs is 1. The summed E-state index contributed by atoms with van der Waals surface area (Å²) >= 11 is 0. The quantitative estimate of drug-likeness (QED) is 0.542. The van der Waals surface area contributed by atoms with Gasteiger partial charge in [0.25, 0.3) is 11.7 Å². The van der Waals surface area contributed by atoms with Gasteiger partial charge in [-0.25, -0.2) is 9.37 Å². The van der Waals surface area contributed by atoms with Crippen molar-refractivity contribution in [2.24, 2.45) is 0 Å². The molecule has 4 aromatic rings. The van der Waals surface area contributed by atoms with E-state index in [0.29, 0.717) is 22.7 Å². The van der Waals surface area contributed by atoms with Gasteiger partial charge in [0.2, 0.25) is 0 Å². The third-order valence-electron chi connectivity index (χ3n) is 4.17. The lowest BCUT2D eigenvalue weighted by Crippen LogP contribution is -2.29. The van der Waals surface area contributed by atoms with E-state index in [9.17, 15) is 14.0 Å². The Morgan fingerprint density at radius 3 is 2.43 bits per heavy atom. The summed E-state index contributed by atoms with van der Waals surface area (Å²) in [5.74, 6) is -0.000684. The van der Waals surface area contributed by atoms with Crippen molar-refractivity contribution in [1.29, 1.82) is 0 Å². The molecule has 2 heterocycles. The standard InChI is InChI=1S/C20H14FN5O2/c21-16-8-6-13(7-9-16)17(27)12-23-19(28)15-4-2-14(3-5-15)18-24-25-20-22-10-1-11-26(18)20/h1-11H,12H2,(H,23,28). The van der Waals surface area contributed by atoms with Crippen LogP contribution in [0.5, 0.6) is 0 Å². The lowest BCUT2D eigenvalue weighted by molar-refractivity contribution is 0.0904. The zero-order chi connectivity index (χ0) is 19.5. The van der Waals surface area contributed by atoms with Crippen LogP contribution >= 0.6 is 0 Å². The first kappa shape index (κ1) is 17.5. The number of hydrogen-bond donors (Lipinski definition) is 1. The third kappa shape index (κ3) is 3.48. The lowest BCUT2D eigenvalue weighted by Gasteiger charge is -2.06. The zero-order valence-electron chi connectivity index (χ0n) is 14.5. The van der Waals surface area contributed by atoms with Gasteiger partial charge >= 0.3 is 0 Å². The van der Waals surface area contributed by atoms with Gasteiger partial charge in [0.1, 0.15) is 5.82 Å². The molecule has 0 unspecified atom stereocenters. The molecule has 7 nitrogen and oxygen atoms in total. The molecule has 8 heteroatoms. The van der Waals surface area contributed by atoms with Crippen LogP contribution in [-0.4, -0.2) is 37.8 Å². The first-order chi connectivity index (χ1) is 13.6. The Balaban J connectivity index is 1.44. The SMILES string of the molecule is O=C(CNC(=O)c1ccc(-c2nnc3ncccn23)cc1)c1ccc(F)cc1. The topological polar surface area (TPSA) is 89.2 Å². The molecule has 1 amide bonds. The maximum atomic E-state index is 12.9. The summed E-state index contributed by atoms with van der Waals surface area (Å²) < 4.78 is 14.7. The largest absolute Gasteiger partial charge is 0.345 e. The summed E-state index contributed by atoms with van der Waals surface area (Å²) in [5.41, 5.74) is 1.52. The van der Waals surface area contributed by atoms with Crippen LogP contribution in [-0.2, 0) is 0 Å². The second-order valence-corrected chi connectivity index (χ2v) is 6.00. The van der Waals surface area contributed by atoms with Crippen LogP contribution in [0.15, 0.2) is 67.0 Å². The molecule has 0 aliphatic carbocycles. The molecule has 0 saturated carbocycles. The number of nitrogens with zero attached hydrogens (tertiary/aromatic N) is 4. The summed E-state index contributed by atoms with van der Waals surface area (Å²) in [7, 11) is 0. The first-order valence-corrected chi connectivity index (χ1v) is 8.45. The van der Waals surface area contributed by atoms with Crippen molar-refractivity contribution in [1.82, 2.24) is 24.9 Å². The average Bonchev–Trinajstić information content (AvgIpc) is 3.16. The predicted octanol–water partition coefficient (Wildman–Crippen LogP) is 2.54. The van der Waals surface area contributed by atoms with Gasteiger partial charge in [-0.3, -0.25) is 14.0 Å². The van der Waals surface area contributed by atoms with Crippen LogP contribution in [0, 0.1) is 5.82 Å². The average molecular weight is 375 g/mol. The summed E-state index contributed by atoms with van der Waals surface area (Å²) in [4.78, 5) is 28.5. The van der Waals surface area contributed by atoms with Gasteiger partial charge < -0.3 is 5.32 Å². The van der Waals surface area contributed by atoms with E-state index in [-0.39, 0.29) is 18.2 Å². The minimum absolute atomic E-state index is 0.174. The smallest absolute Gasteiger partial charge is 0.255 e. The van der Waals surface area contributed by atoms with Gasteiger partial charge in [0, 0.05) is 29.1 Å². The van der Waals surface area contributed by atoms with Crippen LogP contribution in [0.2, 0.25) is 0 Å². The predicted molar refractivity (Wildman–Crippen MR) is 99.3 cm³/mol. The van der Waals surface area contributed by atoms with Crippen molar-refractivity contribution in [2.45, 2.75) is 0 Å². The maximum Gasteiger partial charge on any atom is 0.255 e. The van der Waals surface area contributed by atoms with Crippen molar-refractivity contribution in [3.8, 4) is 11.4 Å². The molecule has 4 rings (SSSR count). The lowest BCUT2D eigenvalue weighted by atomic mass is 10.1. The molecule has 2 aromatic carbocycles. The Kier molecular flexibility index (Phi) is 4.59. The van der Waals surface area contributed by atoms with Gasteiger partial charge in [-0.1, -0.05) is 12.1 Å². The number of hydrogen-bond acceptors (Lipinski definition) is 5. The van der Waals surface area contributed by atoms with Gasteiger partial charge in [-0.05, 0) is 42.5 Å². The maximum absolute atomic E-state index is 12.9. The molecule has 1 N–H and O–H groups in total. The van der Waals surface area contributed by atoms with Crippen molar-refractivity contribution < 1.29 is 14.0 Å². The summed E-state index contributed by atoms with van der Waals surface area (Å²) in [6.45, 7) is -0.174. The Morgan fingerprint density at radius 2 is 1.68 bits per heavy atom. The van der Waals surface area contributed by atoms with Crippen LogP contribution < -0.4 is 5.32 Å². The minimum atomic E-state index is -0.420. The molecule has 138 valence electrons. The van der Waals surface area contributed by atoms with E-state index in [0.717, 1.165) is 5.56 Å². The number of amides is 1. The Morgan fingerprint density at radius 1 is 0.964 bits per heavy atom. The monoisotopic (exact) mass is 375 g/mol. The number of benzene rings is 2. The zero-order valence-corrected chi connectivity index (χ0v) is 14.5. The van der Waals surface area contributed by atoms with E-state index >= 15 is 0 Å². The fourth-order valence-corrected chi connectivity index (χ4v) is 2.71. The molecule has 0 saturated heterocycles. The van der Waals surface area contributed by atoms with Crippen LogP contribution in [0.3, 0.4) is 0 Å². The normalized spacial score (nSPS) is 10.8. The molecule has 0 bridgehead atoms. The van der Waals surface area contributed by atoms with E-state index in [1.54, 1.807) is 47.1 Å². The number of carbonyl (C=O) groups excluding carboxylic acids is 2. The Bertz CT molecular complexity index is 1150. The molecule has 28 heavy (non-hydrogen) atoms. The minimum Gasteiger partial charge on any atom is -0.345 e. The van der Waals surface area contributed by atoms with Crippen LogP contribution in [0.1, 0.15) is 20.7 Å². The second kappa shape index (κ2) is 7.36. The number of carbonyl (C=O) groups is 2. The van der Waals surface area contributed by atoms with Gasteiger partial charge in [0.15, 0.2) is 11.6 Å². The highest BCUT2D eigenvalue weighted by atomic mass is 19.1. The number of aromatic nitrogens is 4. The molecule has 0 aliphatic heterocycles. The molecule has 0 aliphatic rings. The van der Waals surface area contributed by atoms with E-state index < -0.39 is 5.82 Å². The van der Waals surface area contributed by atoms with E-state index in [1.165, 1.54) is 24.3 Å². The molecule has 0 fully saturated rings. The van der Waals surface area contributed by atoms with Crippen LogP contribution in [0.4, 0.5) is 4.39 Å². The van der Waals surface area contributed by atoms with Gasteiger partial charge in [-0.2, -0.15) is 0 Å². The molecule has 0 radical (unpaired) electrons. The number of Topliss-reactive ketones (excluding diaryl/α,β-unsaturated/α-hetero) is 1. The van der Waals surface area contributed by atoms with E-state index in [4.69, 9.17) is 0 Å². The Hall–Kier alpha value is -3.94. The molecular formula is C20H14FN5O2. The van der Waals surface area contributed by atoms with Crippen molar-refractivity contribution in [3.63, 3.8) is 0 Å². The van der Waals surface area contributed by atoms with Crippen molar-refractivity contribution >= 4 is 17.5 Å². The fourth-order valence-electron chi connectivity index (χ4n) is 2.71. The number of halogens is 1.